The van der Waals surface area contributed by atoms with Gasteiger partial charge in [0.2, 0.25) is 0 Å². The summed E-state index contributed by atoms with van der Waals surface area (Å²) >= 11 is 1.39. The van der Waals surface area contributed by atoms with Crippen molar-refractivity contribution < 1.29 is 9.53 Å². The number of hydrogen-bond acceptors (Lipinski definition) is 5. The van der Waals surface area contributed by atoms with Crippen LogP contribution in [0.25, 0.3) is 11.3 Å². The molecule has 1 aromatic carbocycles. The summed E-state index contributed by atoms with van der Waals surface area (Å²) in [5.41, 5.74) is 2.35. The van der Waals surface area contributed by atoms with Crippen LogP contribution in [-0.2, 0) is 0 Å². The molecule has 0 saturated heterocycles. The van der Waals surface area contributed by atoms with Gasteiger partial charge in [-0.3, -0.25) is 15.1 Å². The molecule has 0 aliphatic rings. The van der Waals surface area contributed by atoms with Crippen molar-refractivity contribution >= 4 is 22.4 Å². The fourth-order valence-electron chi connectivity index (χ4n) is 2.02. The molecule has 2 aromatic heterocycles. The van der Waals surface area contributed by atoms with Crippen molar-refractivity contribution in [2.45, 2.75) is 6.92 Å². The van der Waals surface area contributed by atoms with Crippen LogP contribution in [0.1, 0.15) is 17.3 Å². The van der Waals surface area contributed by atoms with E-state index in [0.717, 1.165) is 17.0 Å². The van der Waals surface area contributed by atoms with Crippen LogP contribution in [0.15, 0.2) is 54.2 Å². The molecule has 5 nitrogen and oxygen atoms in total. The maximum absolute atomic E-state index is 12.2. The highest BCUT2D eigenvalue weighted by Crippen LogP contribution is 2.24. The Hall–Kier alpha value is -2.73. The molecule has 6 heteroatoms. The average molecular weight is 325 g/mol. The second-order valence-electron chi connectivity index (χ2n) is 4.69. The molecule has 0 aliphatic carbocycles. The van der Waals surface area contributed by atoms with Gasteiger partial charge in [-0.15, -0.1) is 11.3 Å². The first-order valence-corrected chi connectivity index (χ1v) is 8.04. The fourth-order valence-corrected chi connectivity index (χ4v) is 2.74. The Labute approximate surface area is 138 Å². The number of nitrogens with zero attached hydrogens (tertiary/aromatic N) is 2. The van der Waals surface area contributed by atoms with Crippen LogP contribution in [-0.4, -0.2) is 22.5 Å². The smallest absolute Gasteiger partial charge is 0.257 e. The van der Waals surface area contributed by atoms with Gasteiger partial charge in [0, 0.05) is 28.9 Å². The van der Waals surface area contributed by atoms with Crippen LogP contribution in [0.2, 0.25) is 0 Å². The maximum Gasteiger partial charge on any atom is 0.257 e. The zero-order valence-electron chi connectivity index (χ0n) is 12.5. The SMILES string of the molecule is CCOc1ccc(C(=O)Nc2nc(-c3ccncc3)cs2)cc1. The molecule has 2 heterocycles. The lowest BCUT2D eigenvalue weighted by Gasteiger charge is -2.04. The first-order valence-electron chi connectivity index (χ1n) is 7.16. The molecule has 3 rings (SSSR count). The van der Waals surface area contributed by atoms with Crippen molar-refractivity contribution in [1.82, 2.24) is 9.97 Å². The van der Waals surface area contributed by atoms with E-state index in [1.165, 1.54) is 11.3 Å². The Morgan fingerprint density at radius 1 is 1.17 bits per heavy atom. The maximum atomic E-state index is 12.2. The number of amides is 1. The van der Waals surface area contributed by atoms with Crippen LogP contribution in [0.4, 0.5) is 5.13 Å². The number of nitrogens with one attached hydrogen (secondary N) is 1. The normalized spacial score (nSPS) is 10.3. The largest absolute Gasteiger partial charge is 0.494 e. The van der Waals surface area contributed by atoms with Crippen molar-refractivity contribution in [3.8, 4) is 17.0 Å². The zero-order chi connectivity index (χ0) is 16.1. The molecule has 0 aliphatic heterocycles. The minimum Gasteiger partial charge on any atom is -0.494 e. The Morgan fingerprint density at radius 2 is 1.91 bits per heavy atom. The van der Waals surface area contributed by atoms with Crippen molar-refractivity contribution in [2.75, 3.05) is 11.9 Å². The standard InChI is InChI=1S/C17H15N3O2S/c1-2-22-14-5-3-13(4-6-14)16(21)20-17-19-15(11-23-17)12-7-9-18-10-8-12/h3-11H,2H2,1H3,(H,19,20,21). The van der Waals surface area contributed by atoms with Gasteiger partial charge in [-0.2, -0.15) is 0 Å². The summed E-state index contributed by atoms with van der Waals surface area (Å²) in [6, 6.07) is 10.8. The molecule has 3 aromatic rings. The molecular formula is C17H15N3O2S. The molecular weight excluding hydrogens is 310 g/mol. The van der Waals surface area contributed by atoms with Gasteiger partial charge in [-0.25, -0.2) is 4.98 Å². The molecule has 0 unspecified atom stereocenters. The molecule has 23 heavy (non-hydrogen) atoms. The zero-order valence-corrected chi connectivity index (χ0v) is 13.3. The molecule has 0 fully saturated rings. The topological polar surface area (TPSA) is 64.1 Å². The van der Waals surface area contributed by atoms with Crippen molar-refractivity contribution in [1.29, 1.82) is 0 Å². The number of rotatable bonds is 5. The van der Waals surface area contributed by atoms with Gasteiger partial charge in [0.15, 0.2) is 5.13 Å². The number of carbonyl (C=O) groups excluding carboxylic acids is 1. The molecule has 0 bridgehead atoms. The summed E-state index contributed by atoms with van der Waals surface area (Å²) < 4.78 is 5.36. The first kappa shape index (κ1) is 15.2. The lowest BCUT2D eigenvalue weighted by molar-refractivity contribution is 0.102. The summed E-state index contributed by atoms with van der Waals surface area (Å²) in [7, 11) is 0. The Morgan fingerprint density at radius 3 is 2.61 bits per heavy atom. The van der Waals surface area contributed by atoms with E-state index in [2.05, 4.69) is 15.3 Å². The van der Waals surface area contributed by atoms with Crippen LogP contribution in [0.5, 0.6) is 5.75 Å². The van der Waals surface area contributed by atoms with E-state index < -0.39 is 0 Å². The number of aromatic nitrogens is 2. The number of ether oxygens (including phenoxy) is 1. The number of thiazole rings is 1. The molecule has 1 N–H and O–H groups in total. The first-order chi connectivity index (χ1) is 11.3. The summed E-state index contributed by atoms with van der Waals surface area (Å²) in [5, 5.41) is 5.28. The van der Waals surface area contributed by atoms with E-state index in [1.54, 1.807) is 36.7 Å². The highest BCUT2D eigenvalue weighted by atomic mass is 32.1. The Kier molecular flexibility index (Phi) is 4.63. The molecule has 0 saturated carbocycles. The van der Waals surface area contributed by atoms with Gasteiger partial charge in [0.25, 0.3) is 5.91 Å². The van der Waals surface area contributed by atoms with Crippen LogP contribution in [0, 0.1) is 0 Å². The predicted molar refractivity (Wildman–Crippen MR) is 90.9 cm³/mol. The number of anilines is 1. The Bertz CT molecular complexity index is 785. The monoisotopic (exact) mass is 325 g/mol. The van der Waals surface area contributed by atoms with Crippen molar-refractivity contribution in [2.24, 2.45) is 0 Å². The second-order valence-corrected chi connectivity index (χ2v) is 5.54. The third-order valence-corrected chi connectivity index (χ3v) is 3.89. The van der Waals surface area contributed by atoms with Gasteiger partial charge in [0.05, 0.1) is 12.3 Å². The molecule has 116 valence electrons. The third-order valence-electron chi connectivity index (χ3n) is 3.13. The molecule has 0 atom stereocenters. The van der Waals surface area contributed by atoms with Gasteiger partial charge in [-0.05, 0) is 43.3 Å². The lowest BCUT2D eigenvalue weighted by atomic mass is 10.2. The van der Waals surface area contributed by atoms with E-state index in [-0.39, 0.29) is 5.91 Å². The summed E-state index contributed by atoms with van der Waals surface area (Å²) in [6.45, 7) is 2.52. The van der Waals surface area contributed by atoms with Crippen LogP contribution < -0.4 is 10.1 Å². The van der Waals surface area contributed by atoms with Gasteiger partial charge in [0.1, 0.15) is 5.75 Å². The minimum atomic E-state index is -0.191. The van der Waals surface area contributed by atoms with Gasteiger partial charge in [-0.1, -0.05) is 0 Å². The summed E-state index contributed by atoms with van der Waals surface area (Å²) in [6.07, 6.45) is 3.43. The number of carbonyl (C=O) groups is 1. The fraction of sp³-hybridized carbons (Fsp3) is 0.118. The van der Waals surface area contributed by atoms with Gasteiger partial charge < -0.3 is 4.74 Å². The second kappa shape index (κ2) is 7.02. The quantitative estimate of drug-likeness (QED) is 0.774. The van der Waals surface area contributed by atoms with E-state index in [9.17, 15) is 4.79 Å². The number of benzene rings is 1. The summed E-state index contributed by atoms with van der Waals surface area (Å²) in [5.74, 6) is 0.557. The summed E-state index contributed by atoms with van der Waals surface area (Å²) in [4.78, 5) is 20.6. The highest BCUT2D eigenvalue weighted by Gasteiger charge is 2.10. The lowest BCUT2D eigenvalue weighted by Crippen LogP contribution is -2.11. The average Bonchev–Trinajstić information content (AvgIpc) is 3.05. The minimum absolute atomic E-state index is 0.191. The predicted octanol–water partition coefficient (Wildman–Crippen LogP) is 3.86. The van der Waals surface area contributed by atoms with Crippen molar-refractivity contribution in [3.63, 3.8) is 0 Å². The third kappa shape index (κ3) is 3.73. The van der Waals surface area contributed by atoms with E-state index >= 15 is 0 Å². The van der Waals surface area contributed by atoms with Crippen LogP contribution in [0.3, 0.4) is 0 Å². The Balaban J connectivity index is 1.69. The highest BCUT2D eigenvalue weighted by molar-refractivity contribution is 7.14. The number of pyridine rings is 1. The molecule has 1 amide bonds. The molecule has 0 radical (unpaired) electrons. The van der Waals surface area contributed by atoms with Crippen molar-refractivity contribution in [3.05, 3.63) is 59.7 Å². The van der Waals surface area contributed by atoms with Crippen LogP contribution >= 0.6 is 11.3 Å². The number of hydrogen-bond donors (Lipinski definition) is 1. The van der Waals surface area contributed by atoms with E-state index in [1.807, 2.05) is 24.4 Å². The van der Waals surface area contributed by atoms with E-state index in [0.29, 0.717) is 17.3 Å². The van der Waals surface area contributed by atoms with E-state index in [4.69, 9.17) is 4.74 Å². The van der Waals surface area contributed by atoms with Gasteiger partial charge >= 0.3 is 0 Å². The molecule has 0 spiro atoms.